The molecule has 1 aliphatic rings. The first-order chi connectivity index (χ1) is 9.57. The second kappa shape index (κ2) is 6.58. The lowest BCUT2D eigenvalue weighted by molar-refractivity contribution is -0.0977. The van der Waals surface area contributed by atoms with Gasteiger partial charge in [-0.25, -0.2) is 0 Å². The summed E-state index contributed by atoms with van der Waals surface area (Å²) in [5, 5.41) is 15.3. The van der Waals surface area contributed by atoms with Crippen molar-refractivity contribution in [3.05, 3.63) is 15.9 Å². The van der Waals surface area contributed by atoms with Crippen LogP contribution in [0.25, 0.3) is 0 Å². The quantitative estimate of drug-likeness (QED) is 0.862. The second-order valence-electron chi connectivity index (χ2n) is 5.57. The molecule has 20 heavy (non-hydrogen) atoms. The minimum atomic E-state index is -0.474. The Labute approximate surface area is 129 Å². The van der Waals surface area contributed by atoms with Crippen LogP contribution in [0.1, 0.15) is 50.9 Å². The fourth-order valence-electron chi connectivity index (χ4n) is 3.23. The summed E-state index contributed by atoms with van der Waals surface area (Å²) in [6, 6.07) is 0. The molecule has 1 unspecified atom stereocenters. The molecule has 5 heteroatoms. The van der Waals surface area contributed by atoms with Crippen molar-refractivity contribution in [2.24, 2.45) is 0 Å². The van der Waals surface area contributed by atoms with Crippen LogP contribution in [0.2, 0.25) is 0 Å². The lowest BCUT2D eigenvalue weighted by Crippen LogP contribution is -2.43. The van der Waals surface area contributed by atoms with Crippen LogP contribution in [0.3, 0.4) is 0 Å². The van der Waals surface area contributed by atoms with E-state index in [1.165, 1.54) is 0 Å². The summed E-state index contributed by atoms with van der Waals surface area (Å²) in [4.78, 5) is 0. The summed E-state index contributed by atoms with van der Waals surface area (Å²) >= 11 is 3.64. The zero-order valence-corrected chi connectivity index (χ0v) is 14.2. The molecule has 114 valence electrons. The van der Waals surface area contributed by atoms with E-state index < -0.39 is 6.10 Å². The number of hydrogen-bond acceptors (Lipinski definition) is 3. The third-order valence-electron chi connectivity index (χ3n) is 4.54. The Balaban J connectivity index is 2.22. The average molecular weight is 345 g/mol. The van der Waals surface area contributed by atoms with Crippen LogP contribution in [0.15, 0.2) is 4.47 Å². The highest BCUT2D eigenvalue weighted by atomic mass is 79.9. The Morgan fingerprint density at radius 1 is 1.40 bits per heavy atom. The van der Waals surface area contributed by atoms with Gasteiger partial charge in [0.05, 0.1) is 27.6 Å². The first kappa shape index (κ1) is 16.0. The topological polar surface area (TPSA) is 47.3 Å². The lowest BCUT2D eigenvalue weighted by atomic mass is 9.91. The summed E-state index contributed by atoms with van der Waals surface area (Å²) in [5.41, 5.74) is 1.78. The van der Waals surface area contributed by atoms with Crippen molar-refractivity contribution >= 4 is 15.9 Å². The van der Waals surface area contributed by atoms with E-state index in [-0.39, 0.29) is 5.60 Å². The Hall–Kier alpha value is -0.390. The third kappa shape index (κ3) is 2.81. The molecule has 0 aliphatic heterocycles. The monoisotopic (exact) mass is 344 g/mol. The lowest BCUT2D eigenvalue weighted by Gasteiger charge is -2.33. The van der Waals surface area contributed by atoms with Crippen molar-refractivity contribution in [2.75, 3.05) is 7.11 Å². The van der Waals surface area contributed by atoms with E-state index in [0.29, 0.717) is 6.42 Å². The van der Waals surface area contributed by atoms with Crippen LogP contribution in [0, 0.1) is 0 Å². The molecule has 1 saturated carbocycles. The van der Waals surface area contributed by atoms with Gasteiger partial charge in [0.25, 0.3) is 0 Å². The number of aromatic nitrogens is 2. The van der Waals surface area contributed by atoms with Gasteiger partial charge in [-0.2, -0.15) is 5.10 Å². The predicted molar refractivity (Wildman–Crippen MR) is 82.9 cm³/mol. The van der Waals surface area contributed by atoms with E-state index in [9.17, 15) is 5.11 Å². The largest absolute Gasteiger partial charge is 0.390 e. The normalized spacial score (nSPS) is 19.4. The third-order valence-corrected chi connectivity index (χ3v) is 5.46. The highest BCUT2D eigenvalue weighted by molar-refractivity contribution is 9.10. The smallest absolute Gasteiger partial charge is 0.0940 e. The molecule has 0 aromatic carbocycles. The predicted octanol–water partition coefficient (Wildman–Crippen LogP) is 3.09. The molecule has 1 atom stereocenters. The van der Waals surface area contributed by atoms with Gasteiger partial charge in [0.2, 0.25) is 0 Å². The molecule has 0 spiro atoms. The van der Waals surface area contributed by atoms with Crippen molar-refractivity contribution in [3.63, 3.8) is 0 Å². The van der Waals surface area contributed by atoms with Gasteiger partial charge >= 0.3 is 0 Å². The van der Waals surface area contributed by atoms with Gasteiger partial charge in [-0.15, -0.1) is 0 Å². The fraction of sp³-hybridized carbons (Fsp3) is 0.800. The molecule has 0 radical (unpaired) electrons. The van der Waals surface area contributed by atoms with Crippen LogP contribution in [0.5, 0.6) is 0 Å². The maximum atomic E-state index is 10.7. The number of halogens is 1. The summed E-state index contributed by atoms with van der Waals surface area (Å²) in [7, 11) is 1.72. The van der Waals surface area contributed by atoms with E-state index in [1.54, 1.807) is 7.11 Å². The van der Waals surface area contributed by atoms with E-state index in [2.05, 4.69) is 34.9 Å². The SMILES string of the molecule is CCc1nn(CC)c(CC(O)C2(OC)CCCC2)c1Br. The zero-order valence-electron chi connectivity index (χ0n) is 12.7. The average Bonchev–Trinajstić information content (AvgIpc) is 3.06. The zero-order chi connectivity index (χ0) is 14.8. The maximum absolute atomic E-state index is 10.7. The number of rotatable bonds is 6. The van der Waals surface area contributed by atoms with Crippen molar-refractivity contribution in [3.8, 4) is 0 Å². The Morgan fingerprint density at radius 2 is 2.05 bits per heavy atom. The molecule has 1 aliphatic carbocycles. The Bertz CT molecular complexity index is 453. The molecule has 4 nitrogen and oxygen atoms in total. The molecule has 1 aromatic heterocycles. The van der Waals surface area contributed by atoms with Gasteiger partial charge in [-0.05, 0) is 42.1 Å². The molecule has 1 N–H and O–H groups in total. The first-order valence-corrected chi connectivity index (χ1v) is 8.34. The van der Waals surface area contributed by atoms with Gasteiger partial charge in [0.15, 0.2) is 0 Å². The summed E-state index contributed by atoms with van der Waals surface area (Å²) in [6.07, 6.45) is 5.19. The highest BCUT2D eigenvalue weighted by Crippen LogP contribution is 2.37. The summed E-state index contributed by atoms with van der Waals surface area (Å²) < 4.78 is 8.72. The molecule has 2 rings (SSSR count). The number of methoxy groups -OCH3 is 1. The van der Waals surface area contributed by atoms with Crippen LogP contribution < -0.4 is 0 Å². The van der Waals surface area contributed by atoms with Crippen LogP contribution in [-0.2, 0) is 24.1 Å². The molecule has 0 saturated heterocycles. The minimum absolute atomic E-state index is 0.366. The van der Waals surface area contributed by atoms with Gasteiger partial charge in [0.1, 0.15) is 0 Å². The van der Waals surface area contributed by atoms with Crippen molar-refractivity contribution in [1.29, 1.82) is 0 Å². The van der Waals surface area contributed by atoms with Crippen LogP contribution in [-0.4, -0.2) is 33.7 Å². The van der Waals surface area contributed by atoms with Crippen LogP contribution in [0.4, 0.5) is 0 Å². The molecular formula is C15H25BrN2O2. The molecule has 1 fully saturated rings. The summed E-state index contributed by atoms with van der Waals surface area (Å²) in [6.45, 7) is 5.00. The molecule has 1 heterocycles. The minimum Gasteiger partial charge on any atom is -0.390 e. The van der Waals surface area contributed by atoms with Gasteiger partial charge < -0.3 is 9.84 Å². The van der Waals surface area contributed by atoms with Gasteiger partial charge in [0, 0.05) is 20.1 Å². The Kier molecular flexibility index (Phi) is 5.26. The standard InChI is InChI=1S/C15H25BrN2O2/c1-4-11-14(16)12(18(5-2)17-11)10-13(19)15(20-3)8-6-7-9-15/h13,19H,4-10H2,1-3H3. The number of hydrogen-bond donors (Lipinski definition) is 1. The number of aliphatic hydroxyl groups is 1. The first-order valence-electron chi connectivity index (χ1n) is 7.55. The summed E-state index contributed by atoms with van der Waals surface area (Å²) in [5.74, 6) is 0. The molecule has 1 aromatic rings. The van der Waals surface area contributed by atoms with E-state index in [4.69, 9.17) is 4.74 Å². The van der Waals surface area contributed by atoms with Crippen LogP contribution >= 0.6 is 15.9 Å². The van der Waals surface area contributed by atoms with Crippen molar-refractivity contribution in [1.82, 2.24) is 9.78 Å². The number of aliphatic hydroxyl groups excluding tert-OH is 1. The second-order valence-corrected chi connectivity index (χ2v) is 6.37. The van der Waals surface area contributed by atoms with E-state index in [0.717, 1.165) is 54.5 Å². The molecule has 0 amide bonds. The number of ether oxygens (including phenoxy) is 1. The molecule has 0 bridgehead atoms. The van der Waals surface area contributed by atoms with E-state index in [1.807, 2.05) is 4.68 Å². The van der Waals surface area contributed by atoms with Crippen molar-refractivity contribution < 1.29 is 9.84 Å². The Morgan fingerprint density at radius 3 is 2.55 bits per heavy atom. The fourth-order valence-corrected chi connectivity index (χ4v) is 3.95. The highest BCUT2D eigenvalue weighted by Gasteiger charge is 2.41. The van der Waals surface area contributed by atoms with E-state index >= 15 is 0 Å². The number of aryl methyl sites for hydroxylation is 2. The maximum Gasteiger partial charge on any atom is 0.0940 e. The molecular weight excluding hydrogens is 320 g/mol. The van der Waals surface area contributed by atoms with Gasteiger partial charge in [-0.3, -0.25) is 4.68 Å². The van der Waals surface area contributed by atoms with Crippen molar-refractivity contribution in [2.45, 2.75) is 70.6 Å². The number of nitrogens with zero attached hydrogens (tertiary/aromatic N) is 2. The van der Waals surface area contributed by atoms with Gasteiger partial charge in [-0.1, -0.05) is 19.8 Å².